The molecule has 19 heavy (non-hydrogen) atoms. The van der Waals surface area contributed by atoms with Gasteiger partial charge in [0.05, 0.1) is 12.7 Å². The minimum Gasteiger partial charge on any atom is -0.394 e. The Morgan fingerprint density at radius 2 is 1.26 bits per heavy atom. The van der Waals surface area contributed by atoms with Gasteiger partial charge in [0.2, 0.25) is 0 Å². The molecule has 1 aliphatic rings. The van der Waals surface area contributed by atoms with Gasteiger partial charge in [0.25, 0.3) is 0 Å². The molecule has 0 aromatic rings. The third-order valence-electron chi connectivity index (χ3n) is 2.75. The molecular weight excluding hydrogens is 1110 g/mol. The first-order valence-electron chi connectivity index (χ1n) is 5.09. The van der Waals surface area contributed by atoms with Crippen molar-refractivity contribution >= 4 is 0 Å². The van der Waals surface area contributed by atoms with Crippen LogP contribution in [0.4, 0.5) is 0 Å². The summed E-state index contributed by atoms with van der Waals surface area (Å²) in [4.78, 5) is 0. The van der Waals surface area contributed by atoms with Gasteiger partial charge in [-0.3, -0.25) is 0 Å². The summed E-state index contributed by atoms with van der Waals surface area (Å²) in [5.74, 6) is 0. The number of aliphatic hydroxyl groups is 4. The number of aliphatic hydroxyl groups excluding tert-OH is 4. The van der Waals surface area contributed by atoms with E-state index in [-0.39, 0.29) is 188 Å². The number of rotatable bonds is 1. The molecule has 4 radical (unpaired) electrons. The van der Waals surface area contributed by atoms with Gasteiger partial charge in [-0.1, -0.05) is 20.8 Å². The van der Waals surface area contributed by atoms with E-state index in [2.05, 4.69) is 0 Å². The SMILES string of the molecule is CC(C)(C)[C@@H]1O[C@H](CO)[C@H](O)[C@H](O)[C@H]1O.[Ac].[Ac].[Ac].[Ac]. The van der Waals surface area contributed by atoms with Crippen molar-refractivity contribution in [1.29, 1.82) is 0 Å². The standard InChI is InChI=1S/C10H20O5.4Ac/c1-10(2,3)9-8(14)7(13)6(12)5(4-11)15-9;;;;/h5-9,11-14H,4H2,1-3H3;;;;/t5-,6+,7+,8-,9-;;;;/m1..../s1. The summed E-state index contributed by atoms with van der Waals surface area (Å²) in [6.45, 7) is 5.21. The average molecular weight is 1130 g/mol. The van der Waals surface area contributed by atoms with Crippen LogP contribution in [0.5, 0.6) is 0 Å². The monoisotopic (exact) mass is 1130 g/mol. The molecule has 1 saturated heterocycles. The number of hydrogen-bond donors (Lipinski definition) is 4. The second-order valence-corrected chi connectivity index (χ2v) is 5.12. The van der Waals surface area contributed by atoms with Gasteiger partial charge in [0, 0.05) is 176 Å². The fourth-order valence-corrected chi connectivity index (χ4v) is 1.82. The van der Waals surface area contributed by atoms with Crippen LogP contribution in [0.3, 0.4) is 0 Å². The summed E-state index contributed by atoms with van der Waals surface area (Å²) in [6.07, 6.45) is -5.10. The van der Waals surface area contributed by atoms with Gasteiger partial charge in [-0.05, 0) is 5.41 Å². The first-order valence-corrected chi connectivity index (χ1v) is 5.09. The van der Waals surface area contributed by atoms with E-state index < -0.39 is 30.5 Å². The van der Waals surface area contributed by atoms with E-state index >= 15 is 0 Å². The molecule has 1 fully saturated rings. The summed E-state index contributed by atoms with van der Waals surface area (Å²) < 4.78 is 5.38. The Kier molecular flexibility index (Phi) is 25.0. The number of hydrogen-bond acceptors (Lipinski definition) is 5. The van der Waals surface area contributed by atoms with Crippen LogP contribution in [0, 0.1) is 182 Å². The van der Waals surface area contributed by atoms with Crippen LogP contribution in [0.1, 0.15) is 20.8 Å². The third-order valence-corrected chi connectivity index (χ3v) is 2.75. The zero-order chi connectivity index (χ0) is 11.8. The van der Waals surface area contributed by atoms with Crippen LogP contribution in [-0.4, -0.2) is 57.6 Å². The van der Waals surface area contributed by atoms with Gasteiger partial charge in [0.1, 0.15) is 24.4 Å². The quantitative estimate of drug-likeness (QED) is 0.268. The molecule has 9 heteroatoms. The van der Waals surface area contributed by atoms with Crippen molar-refractivity contribution < 1.29 is 201 Å². The molecular formula is C10H20Ac4O5. The van der Waals surface area contributed by atoms with Crippen LogP contribution in [0.2, 0.25) is 0 Å². The molecule has 0 spiro atoms. The van der Waals surface area contributed by atoms with Crippen molar-refractivity contribution in [1.82, 2.24) is 0 Å². The van der Waals surface area contributed by atoms with Crippen molar-refractivity contribution in [2.24, 2.45) is 5.41 Å². The first kappa shape index (κ1) is 32.3. The molecule has 0 aromatic heterocycles. The van der Waals surface area contributed by atoms with E-state index in [1.165, 1.54) is 0 Å². The maximum atomic E-state index is 9.74. The molecule has 0 amide bonds. The average Bonchev–Trinajstić information content (AvgIpc) is 2.13. The van der Waals surface area contributed by atoms with Crippen molar-refractivity contribution in [2.75, 3.05) is 6.61 Å². The Hall–Kier alpha value is 5.57. The van der Waals surface area contributed by atoms with E-state index in [9.17, 15) is 15.3 Å². The normalized spacial score (nSPS) is 33.9. The van der Waals surface area contributed by atoms with E-state index in [0.29, 0.717) is 0 Å². The fraction of sp³-hybridized carbons (Fsp3) is 1.00. The molecule has 0 aliphatic carbocycles. The second-order valence-electron chi connectivity index (χ2n) is 5.12. The zero-order valence-corrected chi connectivity index (χ0v) is 30.6. The summed E-state index contributed by atoms with van der Waals surface area (Å²) in [5.41, 5.74) is -0.367. The Bertz CT molecular complexity index is 224. The van der Waals surface area contributed by atoms with Gasteiger partial charge in [-0.2, -0.15) is 0 Å². The largest absolute Gasteiger partial charge is 0.394 e. The van der Waals surface area contributed by atoms with E-state index in [1.807, 2.05) is 20.8 Å². The van der Waals surface area contributed by atoms with Gasteiger partial charge in [-0.25, -0.2) is 0 Å². The molecule has 102 valence electrons. The van der Waals surface area contributed by atoms with Gasteiger partial charge < -0.3 is 25.2 Å². The predicted molar refractivity (Wildman–Crippen MR) is 53.2 cm³/mol. The summed E-state index contributed by atoms with van der Waals surface area (Å²) >= 11 is 0. The molecule has 0 saturated carbocycles. The van der Waals surface area contributed by atoms with Crippen molar-refractivity contribution in [3.05, 3.63) is 0 Å². The van der Waals surface area contributed by atoms with Crippen LogP contribution in [-0.2, 0) is 4.74 Å². The van der Waals surface area contributed by atoms with E-state index in [1.54, 1.807) is 0 Å². The van der Waals surface area contributed by atoms with E-state index in [4.69, 9.17) is 9.84 Å². The Labute approximate surface area is 258 Å². The zero-order valence-electron chi connectivity index (χ0n) is 11.6. The minimum absolute atomic E-state index is 0. The van der Waals surface area contributed by atoms with E-state index in [0.717, 1.165) is 0 Å². The maximum Gasteiger partial charge on any atom is 0.111 e. The van der Waals surface area contributed by atoms with Crippen LogP contribution < -0.4 is 0 Å². The Morgan fingerprint density at radius 3 is 1.58 bits per heavy atom. The molecule has 0 unspecified atom stereocenters. The summed E-state index contributed by atoms with van der Waals surface area (Å²) in [5, 5.41) is 37.8. The number of ether oxygens (including phenoxy) is 1. The molecule has 1 rings (SSSR count). The maximum absolute atomic E-state index is 9.74. The second kappa shape index (κ2) is 14.7. The Balaban J connectivity index is -0.000000281. The van der Waals surface area contributed by atoms with Crippen molar-refractivity contribution in [3.63, 3.8) is 0 Å². The Morgan fingerprint density at radius 1 is 0.842 bits per heavy atom. The molecule has 5 nitrogen and oxygen atoms in total. The first-order chi connectivity index (χ1) is 6.79. The van der Waals surface area contributed by atoms with Crippen LogP contribution in [0.15, 0.2) is 0 Å². The molecule has 1 aliphatic heterocycles. The third kappa shape index (κ3) is 9.73. The predicted octanol–water partition coefficient (Wildman–Crippen LogP) is -1.13. The van der Waals surface area contributed by atoms with Crippen molar-refractivity contribution in [3.8, 4) is 0 Å². The van der Waals surface area contributed by atoms with Crippen molar-refractivity contribution in [2.45, 2.75) is 51.3 Å². The van der Waals surface area contributed by atoms with Crippen LogP contribution >= 0.6 is 0 Å². The van der Waals surface area contributed by atoms with Gasteiger partial charge >= 0.3 is 0 Å². The molecule has 0 aromatic carbocycles. The summed E-state index contributed by atoms with van der Waals surface area (Å²) in [7, 11) is 0. The molecule has 0 bridgehead atoms. The molecule has 1 heterocycles. The smallest absolute Gasteiger partial charge is 0.111 e. The fourth-order valence-electron chi connectivity index (χ4n) is 1.82. The minimum atomic E-state index is -1.28. The topological polar surface area (TPSA) is 90.2 Å². The van der Waals surface area contributed by atoms with Gasteiger partial charge in [-0.15, -0.1) is 0 Å². The molecule has 4 N–H and O–H groups in total. The van der Waals surface area contributed by atoms with Crippen LogP contribution in [0.25, 0.3) is 0 Å². The molecule has 5 atom stereocenters. The summed E-state index contributed by atoms with van der Waals surface area (Å²) in [6, 6.07) is 0. The van der Waals surface area contributed by atoms with Gasteiger partial charge in [0.15, 0.2) is 0 Å².